The number of hydrogen-bond donors (Lipinski definition) is 0. The maximum atomic E-state index is 8.47. The molecular weight excluding hydrogens is 242 g/mol. The van der Waals surface area contributed by atoms with Crippen molar-refractivity contribution in [1.29, 1.82) is 5.26 Å². The first-order valence-corrected chi connectivity index (χ1v) is 5.14. The van der Waals surface area contributed by atoms with Crippen LogP contribution in [0.25, 0.3) is 0 Å². The summed E-state index contributed by atoms with van der Waals surface area (Å²) in [5.41, 5.74) is 1.12. The van der Waals surface area contributed by atoms with E-state index in [0.717, 1.165) is 15.9 Å². The zero-order chi connectivity index (χ0) is 10.6. The third-order valence-corrected chi connectivity index (χ3v) is 2.46. The molecule has 1 heterocycles. The molecule has 0 radical (unpaired) electrons. The molecule has 0 aliphatic carbocycles. The van der Waals surface area contributed by atoms with Crippen LogP contribution in [0.15, 0.2) is 16.7 Å². The summed E-state index contributed by atoms with van der Waals surface area (Å²) in [6.45, 7) is 2.70. The van der Waals surface area contributed by atoms with Crippen LogP contribution in [0.3, 0.4) is 0 Å². The molecule has 0 unspecified atom stereocenters. The van der Waals surface area contributed by atoms with Gasteiger partial charge in [0.15, 0.2) is 0 Å². The van der Waals surface area contributed by atoms with Crippen molar-refractivity contribution in [2.45, 2.75) is 13.3 Å². The van der Waals surface area contributed by atoms with E-state index >= 15 is 0 Å². The van der Waals surface area contributed by atoms with Gasteiger partial charge in [0, 0.05) is 19.8 Å². The molecule has 14 heavy (non-hydrogen) atoms. The number of nitrogens with zero attached hydrogens (tertiary/aromatic N) is 3. The topological polar surface area (TPSA) is 39.9 Å². The van der Waals surface area contributed by atoms with E-state index in [1.54, 1.807) is 0 Å². The van der Waals surface area contributed by atoms with Crippen LogP contribution in [-0.2, 0) is 0 Å². The van der Waals surface area contributed by atoms with Crippen molar-refractivity contribution in [3.8, 4) is 6.07 Å². The minimum atomic E-state index is 0.512. The van der Waals surface area contributed by atoms with Gasteiger partial charge in [-0.3, -0.25) is 0 Å². The van der Waals surface area contributed by atoms with Crippen molar-refractivity contribution in [3.05, 3.63) is 22.3 Å². The summed E-state index contributed by atoms with van der Waals surface area (Å²) in [6.07, 6.45) is 2.33. The Hall–Kier alpha value is -1.08. The molecule has 1 aromatic heterocycles. The van der Waals surface area contributed by atoms with Crippen molar-refractivity contribution in [3.63, 3.8) is 0 Å². The van der Waals surface area contributed by atoms with Gasteiger partial charge in [-0.1, -0.05) is 0 Å². The molecular formula is C10H12BrN3. The zero-order valence-corrected chi connectivity index (χ0v) is 9.87. The Morgan fingerprint density at radius 2 is 2.36 bits per heavy atom. The minimum Gasteiger partial charge on any atom is -0.358 e. The average Bonchev–Trinajstić information content (AvgIpc) is 2.14. The molecule has 1 aromatic rings. The van der Waals surface area contributed by atoms with Gasteiger partial charge in [0.25, 0.3) is 0 Å². The Morgan fingerprint density at radius 1 is 1.64 bits per heavy atom. The van der Waals surface area contributed by atoms with Crippen LogP contribution in [0.1, 0.15) is 12.0 Å². The quantitative estimate of drug-likeness (QED) is 0.831. The monoisotopic (exact) mass is 253 g/mol. The fourth-order valence-corrected chi connectivity index (χ4v) is 1.90. The molecule has 1 rings (SSSR count). The Bertz CT molecular complexity index is 357. The van der Waals surface area contributed by atoms with Crippen molar-refractivity contribution in [1.82, 2.24) is 4.98 Å². The van der Waals surface area contributed by atoms with E-state index in [1.807, 2.05) is 31.1 Å². The van der Waals surface area contributed by atoms with Crippen molar-refractivity contribution < 1.29 is 0 Å². The summed E-state index contributed by atoms with van der Waals surface area (Å²) in [7, 11) is 1.93. The lowest BCUT2D eigenvalue weighted by Crippen LogP contribution is -2.19. The molecule has 0 saturated heterocycles. The number of anilines is 1. The minimum absolute atomic E-state index is 0.512. The average molecular weight is 254 g/mol. The van der Waals surface area contributed by atoms with E-state index in [4.69, 9.17) is 5.26 Å². The van der Waals surface area contributed by atoms with Crippen LogP contribution in [0.5, 0.6) is 0 Å². The third kappa shape index (κ3) is 2.71. The van der Waals surface area contributed by atoms with E-state index in [2.05, 4.69) is 27.0 Å². The second-order valence-electron chi connectivity index (χ2n) is 3.15. The van der Waals surface area contributed by atoms with E-state index in [1.165, 1.54) is 0 Å². The molecule has 0 aliphatic heterocycles. The van der Waals surface area contributed by atoms with Gasteiger partial charge in [-0.25, -0.2) is 4.98 Å². The number of aromatic nitrogens is 1. The largest absolute Gasteiger partial charge is 0.358 e. The summed E-state index contributed by atoms with van der Waals surface area (Å²) in [6, 6.07) is 4.13. The molecule has 0 N–H and O–H groups in total. The summed E-state index contributed by atoms with van der Waals surface area (Å²) < 4.78 is 0.970. The van der Waals surface area contributed by atoms with Crippen LogP contribution >= 0.6 is 15.9 Å². The highest BCUT2D eigenvalue weighted by atomic mass is 79.9. The van der Waals surface area contributed by atoms with E-state index in [9.17, 15) is 0 Å². The summed E-state index contributed by atoms with van der Waals surface area (Å²) in [5.74, 6) is 0.880. The van der Waals surface area contributed by atoms with E-state index in [-0.39, 0.29) is 0 Å². The molecule has 0 atom stereocenters. The molecule has 3 nitrogen and oxygen atoms in total. The zero-order valence-electron chi connectivity index (χ0n) is 8.29. The van der Waals surface area contributed by atoms with Crippen molar-refractivity contribution in [2.24, 2.45) is 0 Å². The van der Waals surface area contributed by atoms with E-state index in [0.29, 0.717) is 13.0 Å². The molecule has 4 heteroatoms. The lowest BCUT2D eigenvalue weighted by Gasteiger charge is -2.17. The van der Waals surface area contributed by atoms with Crippen molar-refractivity contribution >= 4 is 21.7 Å². The fraction of sp³-hybridized carbons (Fsp3) is 0.400. The fourth-order valence-electron chi connectivity index (χ4n) is 1.13. The summed E-state index contributed by atoms with van der Waals surface area (Å²) in [4.78, 5) is 6.27. The maximum absolute atomic E-state index is 8.47. The number of nitriles is 1. The summed E-state index contributed by atoms with van der Waals surface area (Å²) >= 11 is 3.45. The molecule has 0 saturated carbocycles. The van der Waals surface area contributed by atoms with Crippen molar-refractivity contribution in [2.75, 3.05) is 18.5 Å². The van der Waals surface area contributed by atoms with Crippen LogP contribution in [-0.4, -0.2) is 18.6 Å². The van der Waals surface area contributed by atoms with Gasteiger partial charge in [-0.05, 0) is 34.5 Å². The number of pyridine rings is 1. The van der Waals surface area contributed by atoms with Gasteiger partial charge in [-0.15, -0.1) is 0 Å². The molecule has 0 spiro atoms. The normalized spacial score (nSPS) is 9.57. The standard InChI is InChI=1S/C10H12BrN3/c1-8-6-9(11)10(13-7-8)14(2)5-3-4-12/h6-7H,3,5H2,1-2H3. The number of hydrogen-bond acceptors (Lipinski definition) is 3. The second kappa shape index (κ2) is 4.97. The summed E-state index contributed by atoms with van der Waals surface area (Å²) in [5, 5.41) is 8.47. The Labute approximate surface area is 92.5 Å². The first-order chi connectivity index (χ1) is 6.65. The number of aryl methyl sites for hydroxylation is 1. The predicted octanol–water partition coefficient (Wildman–Crippen LogP) is 2.50. The lowest BCUT2D eigenvalue weighted by molar-refractivity contribution is 0.880. The SMILES string of the molecule is Cc1cnc(N(C)CCC#N)c(Br)c1. The van der Waals surface area contributed by atoms with Crippen LogP contribution in [0, 0.1) is 18.3 Å². The van der Waals surface area contributed by atoms with Gasteiger partial charge in [0.05, 0.1) is 17.0 Å². The molecule has 0 amide bonds. The maximum Gasteiger partial charge on any atom is 0.142 e. The predicted molar refractivity (Wildman–Crippen MR) is 60.2 cm³/mol. The number of halogens is 1. The Kier molecular flexibility index (Phi) is 3.90. The lowest BCUT2D eigenvalue weighted by atomic mass is 10.3. The van der Waals surface area contributed by atoms with Gasteiger partial charge < -0.3 is 4.90 Å². The first kappa shape index (κ1) is 11.0. The van der Waals surface area contributed by atoms with E-state index < -0.39 is 0 Å². The Morgan fingerprint density at radius 3 is 2.93 bits per heavy atom. The first-order valence-electron chi connectivity index (χ1n) is 4.35. The number of rotatable bonds is 3. The molecule has 74 valence electrons. The highest BCUT2D eigenvalue weighted by Gasteiger charge is 2.06. The van der Waals surface area contributed by atoms with Gasteiger partial charge in [-0.2, -0.15) is 5.26 Å². The van der Waals surface area contributed by atoms with Gasteiger partial charge in [0.2, 0.25) is 0 Å². The molecule has 0 aliphatic rings. The van der Waals surface area contributed by atoms with Crippen LogP contribution < -0.4 is 4.90 Å². The Balaban J connectivity index is 2.80. The second-order valence-corrected chi connectivity index (χ2v) is 4.00. The molecule has 0 bridgehead atoms. The van der Waals surface area contributed by atoms with Gasteiger partial charge in [0.1, 0.15) is 5.82 Å². The highest BCUT2D eigenvalue weighted by molar-refractivity contribution is 9.10. The smallest absolute Gasteiger partial charge is 0.142 e. The van der Waals surface area contributed by atoms with Crippen LogP contribution in [0.4, 0.5) is 5.82 Å². The molecule has 0 fully saturated rings. The molecule has 0 aromatic carbocycles. The third-order valence-electron chi connectivity index (χ3n) is 1.88. The highest BCUT2D eigenvalue weighted by Crippen LogP contribution is 2.23. The van der Waals surface area contributed by atoms with Gasteiger partial charge >= 0.3 is 0 Å². The van der Waals surface area contributed by atoms with Crippen LogP contribution in [0.2, 0.25) is 0 Å².